The quantitative estimate of drug-likeness (QED) is 0.803. The Hall–Kier alpha value is -0.830. The lowest BCUT2D eigenvalue weighted by molar-refractivity contribution is 0.375. The summed E-state index contributed by atoms with van der Waals surface area (Å²) in [7, 11) is 0. The number of nitrogens with one attached hydrogen (secondary N) is 1. The molecule has 1 heterocycles. The summed E-state index contributed by atoms with van der Waals surface area (Å²) < 4.78 is 5.46. The van der Waals surface area contributed by atoms with Gasteiger partial charge in [-0.1, -0.05) is 0 Å². The first-order chi connectivity index (χ1) is 7.33. The summed E-state index contributed by atoms with van der Waals surface area (Å²) in [6.07, 6.45) is 7.45. The third-order valence-electron chi connectivity index (χ3n) is 3.42. The molecule has 2 aliphatic carbocycles. The second-order valence-corrected chi connectivity index (χ2v) is 4.95. The van der Waals surface area contributed by atoms with Crippen molar-refractivity contribution in [1.29, 1.82) is 0 Å². The Balaban J connectivity index is 1.55. The van der Waals surface area contributed by atoms with Gasteiger partial charge in [0.25, 0.3) is 0 Å². The van der Waals surface area contributed by atoms with E-state index < -0.39 is 0 Å². The molecule has 0 unspecified atom stereocenters. The van der Waals surface area contributed by atoms with E-state index >= 15 is 0 Å². The summed E-state index contributed by atoms with van der Waals surface area (Å²) in [6.45, 7) is 2.74. The van der Waals surface area contributed by atoms with E-state index in [-0.39, 0.29) is 0 Å². The summed E-state index contributed by atoms with van der Waals surface area (Å²) in [4.78, 5) is 4.22. The molecule has 15 heavy (non-hydrogen) atoms. The first-order valence-electron chi connectivity index (χ1n) is 5.97. The maximum atomic E-state index is 5.46. The molecule has 0 amide bonds. The maximum Gasteiger partial charge on any atom is 0.208 e. The van der Waals surface area contributed by atoms with Crippen molar-refractivity contribution in [3.05, 3.63) is 17.8 Å². The second kappa shape index (κ2) is 3.63. The number of nitrogens with zero attached hydrogens (tertiary/aromatic N) is 1. The zero-order chi connectivity index (χ0) is 10.3. The smallest absolute Gasteiger partial charge is 0.208 e. The van der Waals surface area contributed by atoms with Gasteiger partial charge in [0.05, 0.1) is 12.7 Å². The van der Waals surface area contributed by atoms with Crippen molar-refractivity contribution in [1.82, 2.24) is 10.3 Å². The van der Waals surface area contributed by atoms with Crippen molar-refractivity contribution in [3.63, 3.8) is 0 Å². The van der Waals surface area contributed by atoms with Crippen LogP contribution in [-0.4, -0.2) is 11.0 Å². The Kier molecular flexibility index (Phi) is 2.28. The van der Waals surface area contributed by atoms with Gasteiger partial charge in [0.15, 0.2) is 0 Å². The number of aryl methyl sites for hydroxylation is 1. The minimum Gasteiger partial charge on any atom is -0.445 e. The molecular weight excluding hydrogens is 188 g/mol. The fourth-order valence-electron chi connectivity index (χ4n) is 2.32. The largest absolute Gasteiger partial charge is 0.445 e. The van der Waals surface area contributed by atoms with Gasteiger partial charge in [0.2, 0.25) is 5.89 Å². The van der Waals surface area contributed by atoms with Gasteiger partial charge in [-0.15, -0.1) is 0 Å². The highest BCUT2D eigenvalue weighted by Crippen LogP contribution is 2.44. The number of hydrogen-bond donors (Lipinski definition) is 1. The first-order valence-corrected chi connectivity index (χ1v) is 5.97. The molecule has 0 spiro atoms. The fraction of sp³-hybridized carbons (Fsp3) is 0.750. The average Bonchev–Trinajstić information content (AvgIpc) is 3.09. The van der Waals surface area contributed by atoms with Crippen LogP contribution >= 0.6 is 0 Å². The molecule has 1 aromatic rings. The minimum atomic E-state index is 0.734. The Labute approximate surface area is 90.3 Å². The van der Waals surface area contributed by atoms with Crippen LogP contribution in [0.5, 0.6) is 0 Å². The number of aromatic nitrogens is 1. The van der Waals surface area contributed by atoms with Crippen LogP contribution in [0.1, 0.15) is 37.3 Å². The Morgan fingerprint density at radius 2 is 2.07 bits per heavy atom. The second-order valence-electron chi connectivity index (χ2n) is 4.95. The van der Waals surface area contributed by atoms with E-state index in [4.69, 9.17) is 4.42 Å². The lowest BCUT2D eigenvalue weighted by Crippen LogP contribution is -2.32. The van der Waals surface area contributed by atoms with Crippen molar-refractivity contribution in [2.24, 2.45) is 11.8 Å². The van der Waals surface area contributed by atoms with Crippen LogP contribution in [0.25, 0.3) is 0 Å². The zero-order valence-electron chi connectivity index (χ0n) is 9.20. The SMILES string of the molecule is Cc1cnc(CNC(C2CC2)C2CC2)o1. The fourth-order valence-corrected chi connectivity index (χ4v) is 2.32. The zero-order valence-corrected chi connectivity index (χ0v) is 9.20. The summed E-state index contributed by atoms with van der Waals surface area (Å²) in [5, 5.41) is 3.62. The van der Waals surface area contributed by atoms with Crippen LogP contribution in [0, 0.1) is 18.8 Å². The molecule has 2 fully saturated rings. The van der Waals surface area contributed by atoms with Crippen molar-refractivity contribution in [2.45, 2.75) is 45.2 Å². The molecule has 3 heteroatoms. The van der Waals surface area contributed by atoms with Gasteiger partial charge < -0.3 is 9.73 Å². The molecule has 0 bridgehead atoms. The maximum absolute atomic E-state index is 5.46. The molecule has 3 rings (SSSR count). The van der Waals surface area contributed by atoms with Crippen LogP contribution in [0.4, 0.5) is 0 Å². The van der Waals surface area contributed by atoms with E-state index in [2.05, 4.69) is 10.3 Å². The van der Waals surface area contributed by atoms with Gasteiger partial charge >= 0.3 is 0 Å². The third-order valence-corrected chi connectivity index (χ3v) is 3.42. The molecule has 2 saturated carbocycles. The van der Waals surface area contributed by atoms with Crippen LogP contribution in [0.2, 0.25) is 0 Å². The number of hydrogen-bond acceptors (Lipinski definition) is 3. The molecule has 3 nitrogen and oxygen atoms in total. The summed E-state index contributed by atoms with van der Waals surface area (Å²) in [6, 6.07) is 0.734. The highest BCUT2D eigenvalue weighted by Gasteiger charge is 2.41. The van der Waals surface area contributed by atoms with Crippen LogP contribution in [-0.2, 0) is 6.54 Å². The van der Waals surface area contributed by atoms with Gasteiger partial charge in [-0.05, 0) is 44.4 Å². The number of rotatable bonds is 5. The summed E-state index contributed by atoms with van der Waals surface area (Å²) in [5.74, 6) is 3.61. The Bertz CT molecular complexity index is 327. The predicted molar refractivity (Wildman–Crippen MR) is 57.3 cm³/mol. The van der Waals surface area contributed by atoms with Crippen molar-refractivity contribution in [3.8, 4) is 0 Å². The standard InChI is InChI=1S/C12H18N2O/c1-8-6-13-11(15-8)7-14-12(9-2-3-9)10-4-5-10/h6,9-10,12,14H,2-5,7H2,1H3. The van der Waals surface area contributed by atoms with E-state index in [0.717, 1.165) is 36.1 Å². The Morgan fingerprint density at radius 3 is 2.53 bits per heavy atom. The van der Waals surface area contributed by atoms with Gasteiger partial charge in [-0.3, -0.25) is 0 Å². The molecule has 0 radical (unpaired) electrons. The molecule has 0 saturated heterocycles. The number of oxazole rings is 1. The molecular formula is C12H18N2O. The van der Waals surface area contributed by atoms with Crippen LogP contribution < -0.4 is 5.32 Å². The van der Waals surface area contributed by atoms with Gasteiger partial charge in [-0.25, -0.2) is 4.98 Å². The highest BCUT2D eigenvalue weighted by molar-refractivity contribution is 4.98. The molecule has 0 aliphatic heterocycles. The topological polar surface area (TPSA) is 38.1 Å². The van der Waals surface area contributed by atoms with E-state index in [9.17, 15) is 0 Å². The normalized spacial score (nSPS) is 21.2. The highest BCUT2D eigenvalue weighted by atomic mass is 16.4. The molecule has 1 N–H and O–H groups in total. The van der Waals surface area contributed by atoms with Crippen LogP contribution in [0.3, 0.4) is 0 Å². The minimum absolute atomic E-state index is 0.734. The first kappa shape index (κ1) is 9.40. The summed E-state index contributed by atoms with van der Waals surface area (Å²) >= 11 is 0. The Morgan fingerprint density at radius 1 is 1.40 bits per heavy atom. The van der Waals surface area contributed by atoms with Crippen molar-refractivity contribution in [2.75, 3.05) is 0 Å². The van der Waals surface area contributed by atoms with Gasteiger partial charge in [-0.2, -0.15) is 0 Å². The van der Waals surface area contributed by atoms with Crippen molar-refractivity contribution < 1.29 is 4.42 Å². The lowest BCUT2D eigenvalue weighted by Gasteiger charge is -2.16. The third kappa shape index (κ3) is 2.23. The molecule has 2 aliphatic rings. The van der Waals surface area contributed by atoms with Crippen molar-refractivity contribution >= 4 is 0 Å². The van der Waals surface area contributed by atoms with Gasteiger partial charge in [0.1, 0.15) is 5.76 Å². The molecule has 82 valence electrons. The summed E-state index contributed by atoms with van der Waals surface area (Å²) in [5.41, 5.74) is 0. The van der Waals surface area contributed by atoms with Gasteiger partial charge in [0, 0.05) is 6.04 Å². The van der Waals surface area contributed by atoms with Crippen LogP contribution in [0.15, 0.2) is 10.6 Å². The monoisotopic (exact) mass is 206 g/mol. The lowest BCUT2D eigenvalue weighted by atomic mass is 10.1. The van der Waals surface area contributed by atoms with E-state index in [1.807, 2.05) is 6.92 Å². The average molecular weight is 206 g/mol. The predicted octanol–water partition coefficient (Wildman–Crippen LogP) is 2.26. The van der Waals surface area contributed by atoms with E-state index in [1.165, 1.54) is 25.7 Å². The van der Waals surface area contributed by atoms with E-state index in [1.54, 1.807) is 6.20 Å². The molecule has 0 atom stereocenters. The van der Waals surface area contributed by atoms with E-state index in [0.29, 0.717) is 0 Å². The molecule has 1 aromatic heterocycles. The molecule has 0 aromatic carbocycles.